The summed E-state index contributed by atoms with van der Waals surface area (Å²) >= 11 is 5.75. The maximum absolute atomic E-state index is 13.0. The van der Waals surface area contributed by atoms with Crippen molar-refractivity contribution >= 4 is 35.2 Å². The third-order valence-corrected chi connectivity index (χ3v) is 3.18. The van der Waals surface area contributed by atoms with Crippen molar-refractivity contribution in [2.24, 2.45) is 0 Å². The molecule has 24 heavy (non-hydrogen) atoms. The fraction of sp³-hybridized carbons (Fsp3) is 0.0588. The van der Waals surface area contributed by atoms with E-state index in [1.165, 1.54) is 12.1 Å². The quantitative estimate of drug-likeness (QED) is 0.812. The van der Waals surface area contributed by atoms with Gasteiger partial charge in [0.1, 0.15) is 0 Å². The lowest BCUT2D eigenvalue weighted by Crippen LogP contribution is -2.31. The number of rotatable bonds is 5. The summed E-state index contributed by atoms with van der Waals surface area (Å²) in [7, 11) is 0. The molecule has 0 aromatic heterocycles. The number of halogens is 3. The second-order valence-corrected chi connectivity index (χ2v) is 5.22. The average Bonchev–Trinajstić information content (AvgIpc) is 2.56. The van der Waals surface area contributed by atoms with Gasteiger partial charge >= 0.3 is 0 Å². The lowest BCUT2D eigenvalue weighted by Gasteiger charge is -2.06. The van der Waals surface area contributed by atoms with E-state index < -0.39 is 23.4 Å². The summed E-state index contributed by atoms with van der Waals surface area (Å²) in [5.74, 6) is -3.10. The number of benzene rings is 2. The molecule has 0 heterocycles. The molecule has 2 rings (SSSR count). The molecule has 0 bridgehead atoms. The molecule has 0 saturated carbocycles. The van der Waals surface area contributed by atoms with Crippen molar-refractivity contribution in [3.8, 4) is 0 Å². The van der Waals surface area contributed by atoms with E-state index in [1.807, 2.05) is 0 Å². The summed E-state index contributed by atoms with van der Waals surface area (Å²) in [6, 6.07) is 9.83. The van der Waals surface area contributed by atoms with Crippen molar-refractivity contribution in [3.63, 3.8) is 0 Å². The standard InChI is InChI=1S/C17H13ClF2N2O2/c18-12-4-1-11(2-5-12)3-8-16(23)21-10-17(24)22-13-6-7-14(19)15(20)9-13/h1-9H,10H2,(H,21,23)(H,22,24)/b8-3+. The molecular formula is C17H13ClF2N2O2. The zero-order valence-corrected chi connectivity index (χ0v) is 13.1. The first-order valence-corrected chi connectivity index (χ1v) is 7.28. The summed E-state index contributed by atoms with van der Waals surface area (Å²) in [6.45, 7) is -0.303. The molecule has 2 aromatic carbocycles. The average molecular weight is 351 g/mol. The van der Waals surface area contributed by atoms with Crippen LogP contribution in [-0.2, 0) is 9.59 Å². The van der Waals surface area contributed by atoms with Crippen LogP contribution in [0, 0.1) is 11.6 Å². The number of hydrogen-bond donors (Lipinski definition) is 2. The Morgan fingerprint density at radius 3 is 2.42 bits per heavy atom. The van der Waals surface area contributed by atoms with Gasteiger partial charge in [-0.1, -0.05) is 23.7 Å². The Morgan fingerprint density at radius 2 is 1.75 bits per heavy atom. The summed E-state index contributed by atoms with van der Waals surface area (Å²) < 4.78 is 25.8. The highest BCUT2D eigenvalue weighted by atomic mass is 35.5. The van der Waals surface area contributed by atoms with Gasteiger partial charge in [-0.2, -0.15) is 0 Å². The SMILES string of the molecule is O=C(/C=C/c1ccc(Cl)cc1)NCC(=O)Nc1ccc(F)c(F)c1. The molecule has 2 N–H and O–H groups in total. The Balaban J connectivity index is 1.81. The number of carbonyl (C=O) groups excluding carboxylic acids is 2. The predicted molar refractivity (Wildman–Crippen MR) is 88.5 cm³/mol. The molecule has 4 nitrogen and oxygen atoms in total. The molecular weight excluding hydrogens is 338 g/mol. The third-order valence-electron chi connectivity index (χ3n) is 2.92. The van der Waals surface area contributed by atoms with Crippen LogP contribution in [0.1, 0.15) is 5.56 Å². The molecule has 124 valence electrons. The van der Waals surface area contributed by atoms with Crippen LogP contribution in [0.15, 0.2) is 48.5 Å². The minimum Gasteiger partial charge on any atom is -0.343 e. The van der Waals surface area contributed by atoms with E-state index in [0.29, 0.717) is 5.02 Å². The number of nitrogens with one attached hydrogen (secondary N) is 2. The van der Waals surface area contributed by atoms with E-state index >= 15 is 0 Å². The van der Waals surface area contributed by atoms with Crippen LogP contribution in [0.4, 0.5) is 14.5 Å². The summed E-state index contributed by atoms with van der Waals surface area (Å²) in [4.78, 5) is 23.3. The van der Waals surface area contributed by atoms with E-state index in [2.05, 4.69) is 10.6 Å². The highest BCUT2D eigenvalue weighted by Crippen LogP contribution is 2.13. The van der Waals surface area contributed by atoms with Crippen LogP contribution >= 0.6 is 11.6 Å². The molecule has 0 aliphatic carbocycles. The molecule has 2 aromatic rings. The molecule has 0 radical (unpaired) electrons. The van der Waals surface area contributed by atoms with Gasteiger partial charge in [0.2, 0.25) is 11.8 Å². The van der Waals surface area contributed by atoms with E-state index in [1.54, 1.807) is 30.3 Å². The normalized spacial score (nSPS) is 10.6. The molecule has 7 heteroatoms. The van der Waals surface area contributed by atoms with Gasteiger partial charge in [0.25, 0.3) is 0 Å². The molecule has 0 aliphatic heterocycles. The van der Waals surface area contributed by atoms with Crippen LogP contribution in [0.25, 0.3) is 6.08 Å². The number of amides is 2. The fourth-order valence-corrected chi connectivity index (χ4v) is 1.88. The summed E-state index contributed by atoms with van der Waals surface area (Å²) in [5.41, 5.74) is 0.880. The molecule has 0 atom stereocenters. The zero-order valence-electron chi connectivity index (χ0n) is 12.4. The second kappa shape index (κ2) is 8.21. The Hall–Kier alpha value is -2.73. The van der Waals surface area contributed by atoms with Gasteiger partial charge in [0, 0.05) is 22.9 Å². The fourth-order valence-electron chi connectivity index (χ4n) is 1.75. The van der Waals surface area contributed by atoms with Gasteiger partial charge in [0.15, 0.2) is 11.6 Å². The summed E-state index contributed by atoms with van der Waals surface area (Å²) in [6.07, 6.45) is 2.84. The van der Waals surface area contributed by atoms with Crippen LogP contribution in [0.3, 0.4) is 0 Å². The van der Waals surface area contributed by atoms with Gasteiger partial charge in [0.05, 0.1) is 6.54 Å². The van der Waals surface area contributed by atoms with E-state index in [0.717, 1.165) is 17.7 Å². The largest absolute Gasteiger partial charge is 0.343 e. The molecule has 0 saturated heterocycles. The first-order chi connectivity index (χ1) is 11.4. The highest BCUT2D eigenvalue weighted by molar-refractivity contribution is 6.30. The van der Waals surface area contributed by atoms with Crippen molar-refractivity contribution < 1.29 is 18.4 Å². The van der Waals surface area contributed by atoms with Gasteiger partial charge in [-0.3, -0.25) is 9.59 Å². The van der Waals surface area contributed by atoms with Crippen molar-refractivity contribution in [2.75, 3.05) is 11.9 Å². The topological polar surface area (TPSA) is 58.2 Å². The number of anilines is 1. The first-order valence-electron chi connectivity index (χ1n) is 6.90. The third kappa shape index (κ3) is 5.48. The van der Waals surface area contributed by atoms with E-state index in [9.17, 15) is 18.4 Å². The highest BCUT2D eigenvalue weighted by Gasteiger charge is 2.07. The summed E-state index contributed by atoms with van der Waals surface area (Å²) in [5, 5.41) is 5.31. The van der Waals surface area contributed by atoms with Gasteiger partial charge in [-0.05, 0) is 35.9 Å². The number of hydrogen-bond acceptors (Lipinski definition) is 2. The lowest BCUT2D eigenvalue weighted by atomic mass is 10.2. The van der Waals surface area contributed by atoms with Crippen LogP contribution in [0.2, 0.25) is 5.02 Å². The molecule has 2 amide bonds. The Bertz CT molecular complexity index is 777. The number of carbonyl (C=O) groups is 2. The Labute approximate surface area is 142 Å². The van der Waals surface area contributed by atoms with E-state index in [-0.39, 0.29) is 12.2 Å². The maximum atomic E-state index is 13.0. The first kappa shape index (κ1) is 17.6. The second-order valence-electron chi connectivity index (χ2n) is 4.78. The smallest absolute Gasteiger partial charge is 0.244 e. The zero-order chi connectivity index (χ0) is 17.5. The van der Waals surface area contributed by atoms with Crippen LogP contribution in [-0.4, -0.2) is 18.4 Å². The van der Waals surface area contributed by atoms with Crippen molar-refractivity contribution in [1.29, 1.82) is 0 Å². The molecule has 0 aliphatic rings. The molecule has 0 unspecified atom stereocenters. The molecule has 0 fully saturated rings. The maximum Gasteiger partial charge on any atom is 0.244 e. The lowest BCUT2D eigenvalue weighted by molar-refractivity contribution is -0.121. The van der Waals surface area contributed by atoms with Crippen molar-refractivity contribution in [3.05, 3.63) is 70.8 Å². The Morgan fingerprint density at radius 1 is 1.04 bits per heavy atom. The Kier molecular flexibility index (Phi) is 6.03. The molecule has 0 spiro atoms. The van der Waals surface area contributed by atoms with Gasteiger partial charge in [-0.25, -0.2) is 8.78 Å². The predicted octanol–water partition coefficient (Wildman–Crippen LogP) is 3.39. The minimum atomic E-state index is -1.07. The van der Waals surface area contributed by atoms with Crippen LogP contribution in [0.5, 0.6) is 0 Å². The van der Waals surface area contributed by atoms with Crippen molar-refractivity contribution in [2.45, 2.75) is 0 Å². The monoisotopic (exact) mass is 350 g/mol. The van der Waals surface area contributed by atoms with Crippen LogP contribution < -0.4 is 10.6 Å². The minimum absolute atomic E-state index is 0.102. The van der Waals surface area contributed by atoms with Crippen molar-refractivity contribution in [1.82, 2.24) is 5.32 Å². The van der Waals surface area contributed by atoms with Gasteiger partial charge in [-0.15, -0.1) is 0 Å². The van der Waals surface area contributed by atoms with Gasteiger partial charge < -0.3 is 10.6 Å². The van der Waals surface area contributed by atoms with E-state index in [4.69, 9.17) is 11.6 Å².